The molecule has 4 aromatic carbocycles. The third-order valence-corrected chi connectivity index (χ3v) is 12.0. The molecule has 2 saturated heterocycles. The number of rotatable bonds is 10. The summed E-state index contributed by atoms with van der Waals surface area (Å²) in [5.41, 5.74) is 9.19. The number of likely N-dealkylation sites (tertiary alicyclic amines) is 2. The number of nitrogens with zero attached hydrogens (tertiary/aromatic N) is 7. The number of hydrogen-bond acceptors (Lipinski definition) is 9. The van der Waals surface area contributed by atoms with Gasteiger partial charge >= 0.3 is 0 Å². The molecule has 2 aliphatic rings. The van der Waals surface area contributed by atoms with E-state index in [1.807, 2.05) is 103 Å². The molecule has 330 valence electrons. The van der Waals surface area contributed by atoms with E-state index < -0.39 is 0 Å². The van der Waals surface area contributed by atoms with Crippen molar-refractivity contribution in [2.24, 2.45) is 0 Å². The van der Waals surface area contributed by atoms with Crippen LogP contribution in [-0.4, -0.2) is 78.2 Å². The average molecular weight is 858 g/mol. The van der Waals surface area contributed by atoms with Gasteiger partial charge < -0.3 is 20.4 Å². The van der Waals surface area contributed by atoms with E-state index >= 15 is 0 Å². The monoisotopic (exact) mass is 857 g/mol. The lowest BCUT2D eigenvalue weighted by molar-refractivity contribution is 0.0705. The smallest absolute Gasteiger partial charge is 0.253 e. The Kier molecular flexibility index (Phi) is 15.3. The number of carbonyl (C=O) groups excluding carboxylic acids is 2. The molecule has 4 heterocycles. The zero-order chi connectivity index (χ0) is 44.5. The van der Waals surface area contributed by atoms with E-state index in [2.05, 4.69) is 79.0 Å². The molecular formula is C51H59N11O2. The van der Waals surface area contributed by atoms with Crippen molar-refractivity contribution in [1.82, 2.24) is 40.2 Å². The highest BCUT2D eigenvalue weighted by atomic mass is 16.2. The molecular weight excluding hydrogens is 799 g/mol. The Morgan fingerprint density at radius 1 is 0.719 bits per heavy atom. The number of piperidine rings is 2. The van der Waals surface area contributed by atoms with E-state index in [0.29, 0.717) is 40.4 Å². The van der Waals surface area contributed by atoms with Crippen LogP contribution in [0.1, 0.15) is 137 Å². The SMILES string of the molecule is C.C#Cc1ccc(C2CCN(C(=O)c3ccc(C)c(Nc4n[nH]c(CC)n4)c3)CC2)cc1.Cc1ccc(C(=O)N2CCC(c3ccc(C#N)cc3)CC2)cc1Nc1n[nH]c(C(C)C)n1. The van der Waals surface area contributed by atoms with Crippen molar-refractivity contribution in [2.45, 2.75) is 91.9 Å². The fourth-order valence-electron chi connectivity index (χ4n) is 8.00. The normalized spacial score (nSPS) is 14.1. The summed E-state index contributed by atoms with van der Waals surface area (Å²) in [7, 11) is 0. The lowest BCUT2D eigenvalue weighted by Gasteiger charge is -2.32. The standard InChI is InChI=1S/C25H28N6O.C25H27N5O.CH4/c1-16(2)23-28-25(30-29-23)27-22-14-21(7-4-17(22)3)24(32)31-12-10-20(11-13-31)19-8-5-18(15-26)6-9-19;1-4-18-7-10-19(11-8-18)20-12-14-30(15-13-20)24(31)21-9-6-17(3)22(16-21)26-25-27-23(5-2)28-29-25;/h4-9,14,16,20H,10-13H2,1-3H3,(H2,27,28,29,30);1,6-11,16,20H,5,12-15H2,2-3H3,(H2,26,27,28,29);1H4. The van der Waals surface area contributed by atoms with Gasteiger partial charge in [-0.25, -0.2) is 0 Å². The molecule has 8 rings (SSSR count). The van der Waals surface area contributed by atoms with Crippen LogP contribution in [0.25, 0.3) is 0 Å². The van der Waals surface area contributed by atoms with E-state index in [-0.39, 0.29) is 25.2 Å². The Balaban J connectivity index is 0.000000209. The molecule has 0 bridgehead atoms. The summed E-state index contributed by atoms with van der Waals surface area (Å²) >= 11 is 0. The lowest BCUT2D eigenvalue weighted by Crippen LogP contribution is -2.37. The summed E-state index contributed by atoms with van der Waals surface area (Å²) < 4.78 is 0. The van der Waals surface area contributed by atoms with Gasteiger partial charge in [0.25, 0.3) is 11.8 Å². The Morgan fingerprint density at radius 3 is 1.58 bits per heavy atom. The number of hydrogen-bond donors (Lipinski definition) is 4. The average Bonchev–Trinajstić information content (AvgIpc) is 4.00. The summed E-state index contributed by atoms with van der Waals surface area (Å²) in [5, 5.41) is 29.7. The van der Waals surface area contributed by atoms with Crippen LogP contribution >= 0.6 is 0 Å². The number of aryl methyl sites for hydroxylation is 3. The molecule has 2 fully saturated rings. The van der Waals surface area contributed by atoms with Gasteiger partial charge in [0.2, 0.25) is 11.9 Å². The Labute approximate surface area is 377 Å². The van der Waals surface area contributed by atoms with Gasteiger partial charge in [-0.3, -0.25) is 19.8 Å². The van der Waals surface area contributed by atoms with Crippen LogP contribution in [0.4, 0.5) is 23.3 Å². The van der Waals surface area contributed by atoms with E-state index in [1.54, 1.807) is 0 Å². The van der Waals surface area contributed by atoms with Gasteiger partial charge in [0.1, 0.15) is 11.6 Å². The molecule has 2 aliphatic heterocycles. The molecule has 0 unspecified atom stereocenters. The van der Waals surface area contributed by atoms with E-state index in [1.165, 1.54) is 11.1 Å². The second-order valence-corrected chi connectivity index (χ2v) is 16.6. The fraction of sp³-hybridized carbons (Fsp3) is 0.353. The molecule has 0 radical (unpaired) electrons. The number of carbonyl (C=O) groups is 2. The maximum Gasteiger partial charge on any atom is 0.253 e. The Morgan fingerprint density at radius 2 is 1.17 bits per heavy atom. The van der Waals surface area contributed by atoms with E-state index in [0.717, 1.165) is 98.0 Å². The molecule has 13 nitrogen and oxygen atoms in total. The van der Waals surface area contributed by atoms with Gasteiger partial charge in [-0.15, -0.1) is 16.6 Å². The minimum absolute atomic E-state index is 0. The number of amides is 2. The number of terminal acetylenes is 1. The van der Waals surface area contributed by atoms with Gasteiger partial charge in [0, 0.05) is 66.6 Å². The summed E-state index contributed by atoms with van der Waals surface area (Å²) in [4.78, 5) is 39.0. The zero-order valence-electron chi connectivity index (χ0n) is 36.7. The molecule has 2 aromatic heterocycles. The van der Waals surface area contributed by atoms with E-state index in [9.17, 15) is 9.59 Å². The Bertz CT molecular complexity index is 2600. The van der Waals surface area contributed by atoms with Crippen molar-refractivity contribution in [1.29, 1.82) is 5.26 Å². The highest BCUT2D eigenvalue weighted by molar-refractivity contribution is 5.96. The number of nitrogens with one attached hydrogen (secondary N) is 4. The van der Waals surface area contributed by atoms with E-state index in [4.69, 9.17) is 11.7 Å². The Hall–Kier alpha value is -7.25. The summed E-state index contributed by atoms with van der Waals surface area (Å²) in [5.74, 6) is 6.58. The predicted molar refractivity (Wildman–Crippen MR) is 253 cm³/mol. The predicted octanol–water partition coefficient (Wildman–Crippen LogP) is 9.93. The van der Waals surface area contributed by atoms with Crippen molar-refractivity contribution in [3.05, 3.63) is 141 Å². The highest BCUT2D eigenvalue weighted by Gasteiger charge is 2.27. The first kappa shape index (κ1) is 46.3. The maximum atomic E-state index is 13.2. The summed E-state index contributed by atoms with van der Waals surface area (Å²) in [6.45, 7) is 13.1. The largest absolute Gasteiger partial charge is 0.339 e. The van der Waals surface area contributed by atoms with Crippen LogP contribution < -0.4 is 10.6 Å². The molecule has 0 aliphatic carbocycles. The third-order valence-electron chi connectivity index (χ3n) is 12.0. The summed E-state index contributed by atoms with van der Waals surface area (Å²) in [6.07, 6.45) is 9.98. The van der Waals surface area contributed by atoms with Gasteiger partial charge in [-0.2, -0.15) is 15.2 Å². The van der Waals surface area contributed by atoms with Gasteiger partial charge in [0.15, 0.2) is 0 Å². The number of anilines is 4. The van der Waals surface area contributed by atoms with Crippen LogP contribution in [0.3, 0.4) is 0 Å². The van der Waals surface area contributed by atoms with Gasteiger partial charge in [-0.05, 0) is 122 Å². The fourth-order valence-corrected chi connectivity index (χ4v) is 8.00. The van der Waals surface area contributed by atoms with Crippen molar-refractivity contribution in [2.75, 3.05) is 36.8 Å². The van der Waals surface area contributed by atoms with Crippen molar-refractivity contribution >= 4 is 35.1 Å². The van der Waals surface area contributed by atoms with Crippen LogP contribution in [0.5, 0.6) is 0 Å². The number of aromatic amines is 2. The molecule has 0 atom stereocenters. The van der Waals surface area contributed by atoms with Crippen molar-refractivity contribution in [3.63, 3.8) is 0 Å². The molecule has 4 N–H and O–H groups in total. The lowest BCUT2D eigenvalue weighted by atomic mass is 9.89. The van der Waals surface area contributed by atoms with Crippen LogP contribution in [0.2, 0.25) is 0 Å². The second-order valence-electron chi connectivity index (χ2n) is 16.6. The van der Waals surface area contributed by atoms with Crippen LogP contribution in [0.15, 0.2) is 84.9 Å². The highest BCUT2D eigenvalue weighted by Crippen LogP contribution is 2.31. The number of aromatic nitrogens is 6. The first-order valence-corrected chi connectivity index (χ1v) is 21.8. The molecule has 0 spiro atoms. The first-order chi connectivity index (χ1) is 30.5. The topological polar surface area (TPSA) is 172 Å². The quantitative estimate of drug-likeness (QED) is 0.0979. The van der Waals surface area contributed by atoms with Crippen molar-refractivity contribution in [3.8, 4) is 18.4 Å². The zero-order valence-corrected chi connectivity index (χ0v) is 36.7. The molecule has 0 saturated carbocycles. The van der Waals surface area contributed by atoms with Crippen LogP contribution in [-0.2, 0) is 6.42 Å². The molecule has 64 heavy (non-hydrogen) atoms. The number of nitriles is 1. The first-order valence-electron chi connectivity index (χ1n) is 21.8. The maximum absolute atomic E-state index is 13.2. The minimum Gasteiger partial charge on any atom is -0.339 e. The number of H-pyrrole nitrogens is 2. The van der Waals surface area contributed by atoms with Crippen molar-refractivity contribution < 1.29 is 9.59 Å². The second kappa shape index (κ2) is 21.2. The molecule has 2 amide bonds. The minimum atomic E-state index is 0. The van der Waals surface area contributed by atoms with Gasteiger partial charge in [0.05, 0.1) is 11.6 Å². The molecule has 13 heteroatoms. The van der Waals surface area contributed by atoms with Crippen LogP contribution in [0, 0.1) is 37.5 Å². The third kappa shape index (κ3) is 11.2. The molecule has 6 aromatic rings. The number of benzene rings is 4. The van der Waals surface area contributed by atoms with Gasteiger partial charge in [-0.1, -0.05) is 70.5 Å². The summed E-state index contributed by atoms with van der Waals surface area (Å²) in [6, 6.07) is 29.6.